The van der Waals surface area contributed by atoms with E-state index in [-0.39, 0.29) is 9.92 Å². The third-order valence-electron chi connectivity index (χ3n) is 3.96. The molecule has 0 aliphatic heterocycles. The Balaban J connectivity index is 1.49. The highest BCUT2D eigenvalue weighted by Crippen LogP contribution is 2.24. The maximum atomic E-state index is 12.5. The van der Waals surface area contributed by atoms with Crippen molar-refractivity contribution in [3.63, 3.8) is 0 Å². The number of nitrogens with zero attached hydrogens (tertiary/aromatic N) is 4. The summed E-state index contributed by atoms with van der Waals surface area (Å²) in [5, 5.41) is 3.32. The molecule has 0 aliphatic rings. The number of hydrogen-bond acceptors (Lipinski definition) is 6. The minimum absolute atomic E-state index is 0.0249. The molecule has 29 heavy (non-hydrogen) atoms. The van der Waals surface area contributed by atoms with Crippen LogP contribution in [0.15, 0.2) is 84.5 Å². The molecule has 2 aromatic heterocycles. The molecule has 0 aliphatic carbocycles. The van der Waals surface area contributed by atoms with Gasteiger partial charge in [0.2, 0.25) is 0 Å². The van der Waals surface area contributed by atoms with Gasteiger partial charge in [0.1, 0.15) is 29.2 Å². The molecule has 10 heteroatoms. The molecule has 146 valence electrons. The van der Waals surface area contributed by atoms with Crippen molar-refractivity contribution in [1.29, 1.82) is 0 Å². The van der Waals surface area contributed by atoms with Crippen LogP contribution in [-0.2, 0) is 10.0 Å². The molecular formula is C19H15ClN6O2S. The van der Waals surface area contributed by atoms with Crippen LogP contribution in [0.5, 0.6) is 0 Å². The third kappa shape index (κ3) is 4.36. The van der Waals surface area contributed by atoms with Crippen molar-refractivity contribution < 1.29 is 8.42 Å². The second kappa shape index (κ2) is 7.90. The quantitative estimate of drug-likeness (QED) is 0.485. The molecule has 0 fully saturated rings. The summed E-state index contributed by atoms with van der Waals surface area (Å²) >= 11 is 5.99. The molecule has 0 spiro atoms. The van der Waals surface area contributed by atoms with Crippen LogP contribution in [0.3, 0.4) is 0 Å². The third-order valence-corrected chi connectivity index (χ3v) is 5.84. The standard InChI is InChI=1S/C19H15ClN6O2S/c20-16-3-1-2-4-17(16)29(27,28)25-15-7-5-14(6-8-15)24-18-11-19(23-12-22-18)26-10-9-21-13-26/h1-13,25H,(H,22,23,24). The minimum atomic E-state index is -3.78. The van der Waals surface area contributed by atoms with Crippen LogP contribution in [0.25, 0.3) is 5.82 Å². The van der Waals surface area contributed by atoms with Crippen LogP contribution in [0.1, 0.15) is 0 Å². The summed E-state index contributed by atoms with van der Waals surface area (Å²) in [7, 11) is -3.78. The van der Waals surface area contributed by atoms with E-state index in [4.69, 9.17) is 11.6 Å². The maximum Gasteiger partial charge on any atom is 0.263 e. The van der Waals surface area contributed by atoms with Crippen molar-refractivity contribution in [1.82, 2.24) is 19.5 Å². The Labute approximate surface area is 172 Å². The highest BCUT2D eigenvalue weighted by atomic mass is 35.5. The van der Waals surface area contributed by atoms with Gasteiger partial charge in [0.25, 0.3) is 10.0 Å². The fraction of sp³-hybridized carbons (Fsp3) is 0. The summed E-state index contributed by atoms with van der Waals surface area (Å²) in [4.78, 5) is 12.4. The molecule has 4 aromatic rings. The molecule has 0 unspecified atom stereocenters. The lowest BCUT2D eigenvalue weighted by atomic mass is 10.3. The SMILES string of the molecule is O=S(=O)(Nc1ccc(Nc2cc(-n3ccnc3)ncn2)cc1)c1ccccc1Cl. The van der Waals surface area contributed by atoms with Gasteiger partial charge in [0, 0.05) is 29.8 Å². The first-order chi connectivity index (χ1) is 14.0. The minimum Gasteiger partial charge on any atom is -0.340 e. The molecule has 0 atom stereocenters. The molecular weight excluding hydrogens is 412 g/mol. The van der Waals surface area contributed by atoms with Gasteiger partial charge < -0.3 is 5.32 Å². The Kier molecular flexibility index (Phi) is 5.15. The summed E-state index contributed by atoms with van der Waals surface area (Å²) in [5.41, 5.74) is 1.15. The molecule has 0 radical (unpaired) electrons. The average molecular weight is 427 g/mol. The van der Waals surface area contributed by atoms with Gasteiger partial charge in [-0.25, -0.2) is 23.4 Å². The number of aromatic nitrogens is 4. The van der Waals surface area contributed by atoms with Crippen molar-refractivity contribution in [3.8, 4) is 5.82 Å². The molecule has 8 nitrogen and oxygen atoms in total. The second-order valence-corrected chi connectivity index (χ2v) is 8.03. The Bertz CT molecular complexity index is 1230. The summed E-state index contributed by atoms with van der Waals surface area (Å²) in [6.07, 6.45) is 6.54. The number of benzene rings is 2. The van der Waals surface area contributed by atoms with Crippen LogP contribution < -0.4 is 10.0 Å². The fourth-order valence-electron chi connectivity index (χ4n) is 2.59. The van der Waals surface area contributed by atoms with Crippen molar-refractivity contribution in [2.75, 3.05) is 10.0 Å². The summed E-state index contributed by atoms with van der Waals surface area (Å²) in [6, 6.07) is 14.8. The van der Waals surface area contributed by atoms with Crippen LogP contribution >= 0.6 is 11.6 Å². The van der Waals surface area contributed by atoms with E-state index in [1.807, 2.05) is 0 Å². The molecule has 2 heterocycles. The lowest BCUT2D eigenvalue weighted by Crippen LogP contribution is -2.13. The van der Waals surface area contributed by atoms with Gasteiger partial charge in [-0.15, -0.1) is 0 Å². The Morgan fingerprint density at radius 3 is 2.45 bits per heavy atom. The smallest absolute Gasteiger partial charge is 0.263 e. The normalized spacial score (nSPS) is 11.2. The molecule has 0 bridgehead atoms. The molecule has 4 rings (SSSR count). The first-order valence-electron chi connectivity index (χ1n) is 8.46. The summed E-state index contributed by atoms with van der Waals surface area (Å²) in [5.74, 6) is 1.26. The number of sulfonamides is 1. The first kappa shape index (κ1) is 18.9. The van der Waals surface area contributed by atoms with E-state index in [9.17, 15) is 8.42 Å². The number of halogens is 1. The highest BCUT2D eigenvalue weighted by Gasteiger charge is 2.17. The van der Waals surface area contributed by atoms with E-state index in [0.717, 1.165) is 5.69 Å². The molecule has 0 amide bonds. The number of anilines is 3. The molecule has 2 N–H and O–H groups in total. The summed E-state index contributed by atoms with van der Waals surface area (Å²) in [6.45, 7) is 0. The van der Waals surface area contributed by atoms with E-state index < -0.39 is 10.0 Å². The first-order valence-corrected chi connectivity index (χ1v) is 10.3. The largest absolute Gasteiger partial charge is 0.340 e. The fourth-order valence-corrected chi connectivity index (χ4v) is 4.17. The molecule has 2 aromatic carbocycles. The number of imidazole rings is 1. The highest BCUT2D eigenvalue weighted by molar-refractivity contribution is 7.92. The van der Waals surface area contributed by atoms with Crippen LogP contribution in [0, 0.1) is 0 Å². The van der Waals surface area contributed by atoms with Crippen LogP contribution in [0.4, 0.5) is 17.2 Å². The van der Waals surface area contributed by atoms with Gasteiger partial charge >= 0.3 is 0 Å². The number of nitrogens with one attached hydrogen (secondary N) is 2. The van der Waals surface area contributed by atoms with Crippen LogP contribution in [0.2, 0.25) is 5.02 Å². The number of hydrogen-bond donors (Lipinski definition) is 2. The van der Waals surface area contributed by atoms with Gasteiger partial charge in [-0.05, 0) is 36.4 Å². The maximum absolute atomic E-state index is 12.5. The predicted octanol–water partition coefficient (Wildman–Crippen LogP) is 3.86. The van der Waals surface area contributed by atoms with Crippen LogP contribution in [-0.4, -0.2) is 27.9 Å². The van der Waals surface area contributed by atoms with E-state index in [1.165, 1.54) is 18.5 Å². The lowest BCUT2D eigenvalue weighted by molar-refractivity contribution is 0.601. The van der Waals surface area contributed by atoms with Crippen molar-refractivity contribution in [2.24, 2.45) is 0 Å². The van der Waals surface area contributed by atoms with Gasteiger partial charge in [-0.3, -0.25) is 9.29 Å². The monoisotopic (exact) mass is 426 g/mol. The molecule has 0 saturated heterocycles. The predicted molar refractivity (Wildman–Crippen MR) is 111 cm³/mol. The van der Waals surface area contributed by atoms with Gasteiger partial charge in [-0.1, -0.05) is 23.7 Å². The van der Waals surface area contributed by atoms with E-state index in [0.29, 0.717) is 17.3 Å². The van der Waals surface area contributed by atoms with E-state index in [1.54, 1.807) is 65.8 Å². The zero-order valence-corrected chi connectivity index (χ0v) is 16.5. The lowest BCUT2D eigenvalue weighted by Gasteiger charge is -2.11. The molecule has 0 saturated carbocycles. The second-order valence-electron chi connectivity index (χ2n) is 5.97. The Morgan fingerprint density at radius 1 is 0.966 bits per heavy atom. The van der Waals surface area contributed by atoms with E-state index >= 15 is 0 Å². The Hall–Kier alpha value is -3.43. The average Bonchev–Trinajstić information content (AvgIpc) is 3.25. The van der Waals surface area contributed by atoms with Gasteiger partial charge in [0.05, 0.1) is 5.02 Å². The van der Waals surface area contributed by atoms with Gasteiger partial charge in [-0.2, -0.15) is 0 Å². The topological polar surface area (TPSA) is 102 Å². The zero-order chi connectivity index (χ0) is 20.3. The zero-order valence-electron chi connectivity index (χ0n) is 14.9. The van der Waals surface area contributed by atoms with Crippen molar-refractivity contribution >= 4 is 38.8 Å². The van der Waals surface area contributed by atoms with Crippen molar-refractivity contribution in [2.45, 2.75) is 4.90 Å². The van der Waals surface area contributed by atoms with Gasteiger partial charge in [0.15, 0.2) is 0 Å². The number of rotatable bonds is 6. The summed E-state index contributed by atoms with van der Waals surface area (Å²) < 4.78 is 29.3. The van der Waals surface area contributed by atoms with E-state index in [2.05, 4.69) is 25.0 Å². The van der Waals surface area contributed by atoms with Crippen molar-refractivity contribution in [3.05, 3.63) is 84.7 Å². The Morgan fingerprint density at radius 2 is 1.72 bits per heavy atom.